The van der Waals surface area contributed by atoms with Crippen molar-refractivity contribution in [2.45, 2.75) is 0 Å². The molecule has 0 aliphatic rings. The number of carbonyl (C=O) groups excluding carboxylic acids is 2. The number of aromatic hydroxyl groups is 4. The molecule has 0 atom stereocenters. The first-order valence-electron chi connectivity index (χ1n) is 11.2. The Kier molecular flexibility index (Phi) is 12.4. The summed E-state index contributed by atoms with van der Waals surface area (Å²) in [4.78, 5) is 24.5. The number of benzene rings is 4. The lowest BCUT2D eigenvalue weighted by Crippen LogP contribution is -2.13. The van der Waals surface area contributed by atoms with Crippen molar-refractivity contribution in [2.24, 2.45) is 0 Å². The zero-order valence-electron chi connectivity index (χ0n) is 20.8. The van der Waals surface area contributed by atoms with E-state index in [2.05, 4.69) is 10.6 Å². The number of hydrogen-bond donors (Lipinski definition) is 6. The molecule has 0 fully saturated rings. The molecular formula is C26H12Cl10N2O6. The molecule has 0 bridgehead atoms. The minimum atomic E-state index is -0.847. The number of nitrogens with one attached hydrogen (secondary N) is 2. The van der Waals surface area contributed by atoms with Crippen LogP contribution in [0.15, 0.2) is 36.4 Å². The predicted molar refractivity (Wildman–Crippen MR) is 178 cm³/mol. The molecule has 4 aromatic rings. The Morgan fingerprint density at radius 1 is 0.432 bits per heavy atom. The zero-order chi connectivity index (χ0) is 33.2. The summed E-state index contributed by atoms with van der Waals surface area (Å²) in [5.41, 5.74) is -0.799. The summed E-state index contributed by atoms with van der Waals surface area (Å²) in [6.45, 7) is 0. The van der Waals surface area contributed by atoms with Gasteiger partial charge in [0.1, 0.15) is 22.6 Å². The van der Waals surface area contributed by atoms with Crippen molar-refractivity contribution in [3.05, 3.63) is 97.8 Å². The lowest BCUT2D eigenvalue weighted by atomic mass is 10.1. The fourth-order valence-electron chi connectivity index (χ4n) is 3.28. The summed E-state index contributed by atoms with van der Waals surface area (Å²) in [6, 6.07) is 7.55. The number of rotatable bonds is 4. The average Bonchev–Trinajstić information content (AvgIpc) is 2.92. The topological polar surface area (TPSA) is 139 Å². The van der Waals surface area contributed by atoms with Crippen molar-refractivity contribution in [1.29, 1.82) is 0 Å². The molecule has 8 nitrogen and oxygen atoms in total. The first-order valence-corrected chi connectivity index (χ1v) is 14.9. The van der Waals surface area contributed by atoms with Crippen molar-refractivity contribution in [2.75, 3.05) is 10.6 Å². The maximum Gasteiger partial charge on any atom is 0.261 e. The van der Waals surface area contributed by atoms with Crippen LogP contribution < -0.4 is 10.6 Å². The van der Waals surface area contributed by atoms with Gasteiger partial charge in [-0.25, -0.2) is 0 Å². The van der Waals surface area contributed by atoms with Crippen molar-refractivity contribution in [1.82, 2.24) is 0 Å². The van der Waals surface area contributed by atoms with Crippen LogP contribution in [-0.2, 0) is 0 Å². The Morgan fingerprint density at radius 2 is 0.727 bits per heavy atom. The number of halogens is 10. The minimum Gasteiger partial charge on any atom is -0.505 e. The molecule has 4 rings (SSSR count). The van der Waals surface area contributed by atoms with Crippen LogP contribution in [0.5, 0.6) is 23.0 Å². The summed E-state index contributed by atoms with van der Waals surface area (Å²) >= 11 is 58.1. The Bertz CT molecular complexity index is 1640. The highest BCUT2D eigenvalue weighted by Crippen LogP contribution is 2.42. The number of phenols is 4. The van der Waals surface area contributed by atoms with E-state index in [4.69, 9.17) is 116 Å². The first-order chi connectivity index (χ1) is 20.4. The number of hydrogen-bond acceptors (Lipinski definition) is 6. The van der Waals surface area contributed by atoms with Gasteiger partial charge in [0.05, 0.1) is 51.6 Å². The van der Waals surface area contributed by atoms with Crippen molar-refractivity contribution in [3.8, 4) is 23.0 Å². The van der Waals surface area contributed by atoms with Gasteiger partial charge in [-0.05, 0) is 36.4 Å². The molecule has 0 aromatic heterocycles. The Morgan fingerprint density at radius 3 is 1.05 bits per heavy atom. The molecule has 0 radical (unpaired) electrons. The van der Waals surface area contributed by atoms with Gasteiger partial charge in [0.2, 0.25) is 0 Å². The van der Waals surface area contributed by atoms with E-state index in [0.29, 0.717) is 0 Å². The van der Waals surface area contributed by atoms with Crippen LogP contribution in [-0.4, -0.2) is 32.2 Å². The van der Waals surface area contributed by atoms with E-state index in [-0.39, 0.29) is 84.2 Å². The molecule has 44 heavy (non-hydrogen) atoms. The van der Waals surface area contributed by atoms with E-state index in [9.17, 15) is 30.0 Å². The molecule has 0 aliphatic carbocycles. The van der Waals surface area contributed by atoms with Gasteiger partial charge >= 0.3 is 0 Å². The third-order valence-corrected chi connectivity index (χ3v) is 8.46. The van der Waals surface area contributed by atoms with Gasteiger partial charge in [-0.1, -0.05) is 116 Å². The van der Waals surface area contributed by atoms with Crippen LogP contribution in [0.25, 0.3) is 0 Å². The maximum atomic E-state index is 12.3. The predicted octanol–water partition coefficient (Wildman–Crippen LogP) is 11.2. The second-order valence-electron chi connectivity index (χ2n) is 8.23. The molecule has 4 aromatic carbocycles. The average molecular weight is 803 g/mol. The fraction of sp³-hybridized carbons (Fsp3) is 0. The van der Waals surface area contributed by atoms with E-state index < -0.39 is 23.3 Å². The molecule has 232 valence electrons. The molecular weight excluding hydrogens is 791 g/mol. The van der Waals surface area contributed by atoms with Crippen LogP contribution in [0, 0.1) is 0 Å². The van der Waals surface area contributed by atoms with Gasteiger partial charge in [0, 0.05) is 10.0 Å². The third kappa shape index (κ3) is 8.19. The van der Waals surface area contributed by atoms with Crippen molar-refractivity contribution in [3.63, 3.8) is 0 Å². The van der Waals surface area contributed by atoms with E-state index in [1.165, 1.54) is 36.4 Å². The summed E-state index contributed by atoms with van der Waals surface area (Å²) in [7, 11) is 0. The quantitative estimate of drug-likeness (QED) is 0.0897. The number of amides is 2. The van der Waals surface area contributed by atoms with Crippen LogP contribution in [0.1, 0.15) is 20.7 Å². The van der Waals surface area contributed by atoms with Gasteiger partial charge in [0.15, 0.2) is 11.5 Å². The summed E-state index contributed by atoms with van der Waals surface area (Å²) < 4.78 is 0. The Hall–Kier alpha value is -2.08. The SMILES string of the molecule is O=C(Nc1cc(Cl)cc(Cl)c1O)c1c(O)c(Cl)cc(Cl)c1Cl.O=C(Nc1cc(Cl)cc(Cl)c1O)c1c(O)c(Cl)cc(Cl)c1Cl. The summed E-state index contributed by atoms with van der Waals surface area (Å²) in [5.74, 6) is -3.55. The van der Waals surface area contributed by atoms with Crippen LogP contribution in [0.3, 0.4) is 0 Å². The molecule has 6 N–H and O–H groups in total. The molecule has 0 spiro atoms. The van der Waals surface area contributed by atoms with Crippen molar-refractivity contribution < 1.29 is 30.0 Å². The van der Waals surface area contributed by atoms with Gasteiger partial charge < -0.3 is 31.1 Å². The molecule has 18 heteroatoms. The highest BCUT2D eigenvalue weighted by atomic mass is 35.5. The summed E-state index contributed by atoms with van der Waals surface area (Å²) in [5, 5.41) is 43.6. The maximum absolute atomic E-state index is 12.3. The molecule has 0 saturated carbocycles. The lowest BCUT2D eigenvalue weighted by molar-refractivity contribution is 0.101. The van der Waals surface area contributed by atoms with Crippen LogP contribution in [0.2, 0.25) is 50.2 Å². The van der Waals surface area contributed by atoms with Crippen molar-refractivity contribution >= 4 is 139 Å². The highest BCUT2D eigenvalue weighted by Gasteiger charge is 2.24. The number of phenolic OH excluding ortho intramolecular Hbond substituents is 4. The second-order valence-corrected chi connectivity index (χ2v) is 12.3. The normalized spacial score (nSPS) is 10.6. The highest BCUT2D eigenvalue weighted by molar-refractivity contribution is 6.47. The number of carbonyl (C=O) groups is 2. The largest absolute Gasteiger partial charge is 0.505 e. The molecule has 0 unspecified atom stereocenters. The zero-order valence-corrected chi connectivity index (χ0v) is 28.4. The molecule has 2 amide bonds. The minimum absolute atomic E-state index is 0.0111. The smallest absolute Gasteiger partial charge is 0.261 e. The van der Waals surface area contributed by atoms with Crippen LogP contribution >= 0.6 is 116 Å². The van der Waals surface area contributed by atoms with E-state index >= 15 is 0 Å². The van der Waals surface area contributed by atoms with E-state index in [1.807, 2.05) is 0 Å². The van der Waals surface area contributed by atoms with Gasteiger partial charge in [-0.15, -0.1) is 0 Å². The number of anilines is 2. The van der Waals surface area contributed by atoms with E-state index in [0.717, 1.165) is 0 Å². The standard InChI is InChI=1S/2C13H6Cl5NO3/c2*14-4-1-6(16)11(20)8(2-4)19-13(22)9-10(18)5(15)3-7(17)12(9)21/h2*1-3,20-21H,(H,19,22). The van der Waals surface area contributed by atoms with Gasteiger partial charge in [-0.2, -0.15) is 0 Å². The first kappa shape index (κ1) is 36.4. The molecule has 0 heterocycles. The van der Waals surface area contributed by atoms with Gasteiger partial charge in [-0.3, -0.25) is 9.59 Å². The van der Waals surface area contributed by atoms with E-state index in [1.54, 1.807) is 0 Å². The monoisotopic (exact) mass is 798 g/mol. The van der Waals surface area contributed by atoms with Crippen LogP contribution in [0.4, 0.5) is 11.4 Å². The third-order valence-electron chi connectivity index (χ3n) is 5.30. The molecule has 0 aliphatic heterocycles. The molecule has 0 saturated heterocycles. The van der Waals surface area contributed by atoms with Gasteiger partial charge in [0.25, 0.3) is 11.8 Å². The Balaban J connectivity index is 0.000000240. The lowest BCUT2D eigenvalue weighted by Gasteiger charge is -2.12. The second kappa shape index (κ2) is 15.0. The Labute approximate surface area is 298 Å². The summed E-state index contributed by atoms with van der Waals surface area (Å²) in [6.07, 6.45) is 0. The fourth-order valence-corrected chi connectivity index (χ4v) is 5.65.